The zero-order chi connectivity index (χ0) is 15.5. The highest BCUT2D eigenvalue weighted by atomic mass is 19.4. The topological polar surface area (TPSA) is 60.7 Å². The molecule has 4 nitrogen and oxygen atoms in total. The molecule has 0 fully saturated rings. The Kier molecular flexibility index (Phi) is 3.98. The van der Waals surface area contributed by atoms with Gasteiger partial charge in [0.05, 0.1) is 40.6 Å². The zero-order valence-corrected chi connectivity index (χ0v) is 11.0. The van der Waals surface area contributed by atoms with Gasteiger partial charge in [0.1, 0.15) is 6.07 Å². The van der Waals surface area contributed by atoms with Crippen LogP contribution in [0.4, 0.5) is 30.2 Å². The van der Waals surface area contributed by atoms with Crippen molar-refractivity contribution in [2.24, 2.45) is 0 Å². The van der Waals surface area contributed by atoms with Crippen LogP contribution in [0, 0.1) is 11.3 Å². The predicted molar refractivity (Wildman–Crippen MR) is 73.2 cm³/mol. The van der Waals surface area contributed by atoms with Gasteiger partial charge in [-0.2, -0.15) is 18.4 Å². The number of anilines is 3. The van der Waals surface area contributed by atoms with Crippen molar-refractivity contribution in [1.29, 1.82) is 5.26 Å². The van der Waals surface area contributed by atoms with Gasteiger partial charge < -0.3 is 10.6 Å². The molecule has 1 aromatic heterocycles. The molecule has 1 heterocycles. The third-order valence-electron chi connectivity index (χ3n) is 2.77. The van der Waals surface area contributed by atoms with Crippen molar-refractivity contribution in [2.45, 2.75) is 6.18 Å². The van der Waals surface area contributed by atoms with Crippen LogP contribution in [-0.4, -0.2) is 12.0 Å². The molecule has 2 aromatic rings. The minimum Gasteiger partial charge on any atom is -0.387 e. The molecule has 0 radical (unpaired) electrons. The van der Waals surface area contributed by atoms with Gasteiger partial charge in [0.2, 0.25) is 0 Å². The van der Waals surface area contributed by atoms with Crippen LogP contribution in [-0.2, 0) is 6.18 Å². The number of aromatic nitrogens is 1. The number of hydrogen-bond acceptors (Lipinski definition) is 4. The van der Waals surface area contributed by atoms with Crippen LogP contribution in [0.5, 0.6) is 0 Å². The van der Waals surface area contributed by atoms with Crippen LogP contribution in [0.2, 0.25) is 0 Å². The van der Waals surface area contributed by atoms with E-state index in [9.17, 15) is 13.2 Å². The standard InChI is InChI=1S/C14H11F3N4/c1-19-11-5-12(8-20-7-11)21-13-3-2-10(14(15,16)17)4-9(13)6-18/h2-5,7-8,19,21H,1H3. The second-order valence-corrected chi connectivity index (χ2v) is 4.21. The van der Waals surface area contributed by atoms with E-state index in [-0.39, 0.29) is 5.56 Å². The summed E-state index contributed by atoms with van der Waals surface area (Å²) in [6.07, 6.45) is -1.36. The molecule has 0 aliphatic carbocycles. The van der Waals surface area contributed by atoms with E-state index in [1.807, 2.05) is 0 Å². The van der Waals surface area contributed by atoms with E-state index in [1.54, 1.807) is 25.4 Å². The number of alkyl halides is 3. The summed E-state index contributed by atoms with van der Waals surface area (Å²) in [5.74, 6) is 0. The average Bonchev–Trinajstić information content (AvgIpc) is 2.46. The first-order valence-corrected chi connectivity index (χ1v) is 5.95. The van der Waals surface area contributed by atoms with Gasteiger partial charge in [-0.05, 0) is 24.3 Å². The molecule has 0 aliphatic rings. The highest BCUT2D eigenvalue weighted by molar-refractivity contribution is 5.68. The fourth-order valence-electron chi connectivity index (χ4n) is 1.72. The third kappa shape index (κ3) is 3.42. The summed E-state index contributed by atoms with van der Waals surface area (Å²) in [4.78, 5) is 3.98. The van der Waals surface area contributed by atoms with Crippen molar-refractivity contribution < 1.29 is 13.2 Å². The number of rotatable bonds is 3. The van der Waals surface area contributed by atoms with Crippen LogP contribution < -0.4 is 10.6 Å². The SMILES string of the molecule is CNc1cncc(Nc2ccc(C(F)(F)F)cc2C#N)c1. The van der Waals surface area contributed by atoms with E-state index in [0.29, 0.717) is 11.4 Å². The molecule has 0 spiro atoms. The fourth-order valence-corrected chi connectivity index (χ4v) is 1.72. The van der Waals surface area contributed by atoms with Crippen molar-refractivity contribution in [3.05, 3.63) is 47.8 Å². The highest BCUT2D eigenvalue weighted by Gasteiger charge is 2.31. The van der Waals surface area contributed by atoms with E-state index >= 15 is 0 Å². The second-order valence-electron chi connectivity index (χ2n) is 4.21. The molecule has 21 heavy (non-hydrogen) atoms. The van der Waals surface area contributed by atoms with Crippen molar-refractivity contribution in [2.75, 3.05) is 17.7 Å². The van der Waals surface area contributed by atoms with Crippen molar-refractivity contribution >= 4 is 17.1 Å². The van der Waals surface area contributed by atoms with Crippen LogP contribution >= 0.6 is 0 Å². The monoisotopic (exact) mass is 292 g/mol. The molecule has 0 atom stereocenters. The highest BCUT2D eigenvalue weighted by Crippen LogP contribution is 2.32. The Bertz CT molecular complexity index is 689. The molecule has 0 saturated heterocycles. The molecule has 0 amide bonds. The smallest absolute Gasteiger partial charge is 0.387 e. The van der Waals surface area contributed by atoms with Crippen LogP contribution in [0.1, 0.15) is 11.1 Å². The Morgan fingerprint density at radius 1 is 1.14 bits per heavy atom. The van der Waals surface area contributed by atoms with Crippen molar-refractivity contribution in [3.8, 4) is 6.07 Å². The fraction of sp³-hybridized carbons (Fsp3) is 0.143. The largest absolute Gasteiger partial charge is 0.416 e. The summed E-state index contributed by atoms with van der Waals surface area (Å²) in [5, 5.41) is 14.8. The molecule has 2 N–H and O–H groups in total. The lowest BCUT2D eigenvalue weighted by Crippen LogP contribution is -2.06. The summed E-state index contributed by atoms with van der Waals surface area (Å²) in [5.41, 5.74) is 0.662. The summed E-state index contributed by atoms with van der Waals surface area (Å²) in [6, 6.07) is 6.46. The van der Waals surface area contributed by atoms with Gasteiger partial charge in [-0.15, -0.1) is 0 Å². The summed E-state index contributed by atoms with van der Waals surface area (Å²) < 4.78 is 37.8. The Morgan fingerprint density at radius 3 is 2.48 bits per heavy atom. The van der Waals surface area contributed by atoms with E-state index in [4.69, 9.17) is 5.26 Å². The number of halogens is 3. The quantitative estimate of drug-likeness (QED) is 0.904. The van der Waals surface area contributed by atoms with Crippen LogP contribution in [0.15, 0.2) is 36.7 Å². The minimum atomic E-state index is -4.47. The second kappa shape index (κ2) is 5.71. The average molecular weight is 292 g/mol. The lowest BCUT2D eigenvalue weighted by molar-refractivity contribution is -0.137. The number of nitrogens with zero attached hydrogens (tertiary/aromatic N) is 2. The van der Waals surface area contributed by atoms with E-state index in [1.165, 1.54) is 12.3 Å². The maximum atomic E-state index is 12.6. The first-order valence-electron chi connectivity index (χ1n) is 5.95. The molecule has 2 rings (SSSR count). The molecular weight excluding hydrogens is 281 g/mol. The summed E-state index contributed by atoms with van der Waals surface area (Å²) in [6.45, 7) is 0. The maximum Gasteiger partial charge on any atom is 0.416 e. The van der Waals surface area contributed by atoms with Crippen molar-refractivity contribution in [3.63, 3.8) is 0 Å². The molecule has 0 unspecified atom stereocenters. The predicted octanol–water partition coefficient (Wildman–Crippen LogP) is 3.76. The lowest BCUT2D eigenvalue weighted by atomic mass is 10.1. The number of benzene rings is 1. The molecule has 7 heteroatoms. The van der Waals surface area contributed by atoms with Gasteiger partial charge in [0.25, 0.3) is 0 Å². The number of nitrogens with one attached hydrogen (secondary N) is 2. The van der Waals surface area contributed by atoms with Gasteiger partial charge in [-0.3, -0.25) is 4.98 Å². The van der Waals surface area contributed by atoms with Crippen LogP contribution in [0.3, 0.4) is 0 Å². The first-order chi connectivity index (χ1) is 9.94. The molecule has 0 aliphatic heterocycles. The van der Waals surface area contributed by atoms with Crippen molar-refractivity contribution in [1.82, 2.24) is 4.98 Å². The number of hydrogen-bond donors (Lipinski definition) is 2. The maximum absolute atomic E-state index is 12.6. The summed E-state index contributed by atoms with van der Waals surface area (Å²) in [7, 11) is 1.72. The Morgan fingerprint density at radius 2 is 1.86 bits per heavy atom. The summed E-state index contributed by atoms with van der Waals surface area (Å²) >= 11 is 0. The number of nitriles is 1. The molecular formula is C14H11F3N4. The van der Waals surface area contributed by atoms with E-state index in [0.717, 1.165) is 17.8 Å². The van der Waals surface area contributed by atoms with E-state index < -0.39 is 11.7 Å². The van der Waals surface area contributed by atoms with Crippen LogP contribution in [0.25, 0.3) is 0 Å². The minimum absolute atomic E-state index is 0.0836. The normalized spacial score (nSPS) is 10.8. The van der Waals surface area contributed by atoms with Gasteiger partial charge in [-0.1, -0.05) is 0 Å². The third-order valence-corrected chi connectivity index (χ3v) is 2.77. The Labute approximate surface area is 119 Å². The van der Waals surface area contributed by atoms with Gasteiger partial charge in [-0.25, -0.2) is 0 Å². The van der Waals surface area contributed by atoms with Gasteiger partial charge in [0, 0.05) is 7.05 Å². The van der Waals surface area contributed by atoms with E-state index in [2.05, 4.69) is 15.6 Å². The molecule has 1 aromatic carbocycles. The van der Waals surface area contributed by atoms with Gasteiger partial charge >= 0.3 is 6.18 Å². The first kappa shape index (κ1) is 14.7. The molecule has 108 valence electrons. The molecule has 0 bridgehead atoms. The Balaban J connectivity index is 2.34. The molecule has 0 saturated carbocycles. The zero-order valence-electron chi connectivity index (χ0n) is 11.0. The van der Waals surface area contributed by atoms with Gasteiger partial charge in [0.15, 0.2) is 0 Å². The number of pyridine rings is 1. The Hall–Kier alpha value is -2.75. The lowest BCUT2D eigenvalue weighted by Gasteiger charge is -2.12.